The number of nitro benzene ring substituents is 1. The second-order valence-corrected chi connectivity index (χ2v) is 11.1. The van der Waals surface area contributed by atoms with Crippen LogP contribution in [0.25, 0.3) is 10.2 Å². The lowest BCUT2D eigenvalue weighted by Crippen LogP contribution is -2.36. The van der Waals surface area contributed by atoms with Gasteiger partial charge in [0.25, 0.3) is 5.69 Å². The van der Waals surface area contributed by atoms with Gasteiger partial charge in [-0.2, -0.15) is 0 Å². The lowest BCUT2D eigenvalue weighted by molar-refractivity contribution is -0.384. The van der Waals surface area contributed by atoms with Crippen molar-refractivity contribution in [2.45, 2.75) is 4.34 Å². The number of hydrogen-bond donors (Lipinski definition) is 1. The molecular weight excluding hydrogens is 566 g/mol. The molecule has 1 saturated heterocycles. The topological polar surface area (TPSA) is 136 Å². The first-order valence-corrected chi connectivity index (χ1v) is 14.4. The predicted octanol–water partition coefficient (Wildman–Crippen LogP) is 5.31. The molecule has 1 amide bonds. The van der Waals surface area contributed by atoms with Gasteiger partial charge in [-0.3, -0.25) is 19.9 Å². The fraction of sp³-hybridized carbons (Fsp3) is 0.214. The summed E-state index contributed by atoms with van der Waals surface area (Å²) >= 11 is 2.73. The Morgan fingerprint density at radius 1 is 1.20 bits per heavy atom. The molecule has 4 aromatic rings. The number of nitrogens with one attached hydrogen (secondary N) is 1. The fourth-order valence-corrected chi connectivity index (χ4v) is 6.12. The van der Waals surface area contributed by atoms with Crippen molar-refractivity contribution >= 4 is 74.2 Å². The molecule has 1 aliphatic rings. The predicted molar refractivity (Wildman–Crippen MR) is 160 cm³/mol. The van der Waals surface area contributed by atoms with Crippen LogP contribution in [0.3, 0.4) is 0 Å². The van der Waals surface area contributed by atoms with Crippen LogP contribution in [0.2, 0.25) is 0 Å². The number of amides is 1. The smallest absolute Gasteiger partial charge is 0.339 e. The van der Waals surface area contributed by atoms with Crippen molar-refractivity contribution in [1.82, 2.24) is 4.98 Å². The average molecular weight is 592 g/mol. The first-order valence-electron chi connectivity index (χ1n) is 12.6. The molecule has 0 atom stereocenters. The average Bonchev–Trinajstić information content (AvgIpc) is 3.41. The summed E-state index contributed by atoms with van der Waals surface area (Å²) in [5, 5.41) is 14.5. The number of carbonyl (C=O) groups excluding carboxylic acids is 2. The van der Waals surface area contributed by atoms with E-state index in [0.717, 1.165) is 10.2 Å². The minimum atomic E-state index is -0.526. The van der Waals surface area contributed by atoms with Gasteiger partial charge in [0.2, 0.25) is 5.91 Å². The molecule has 11 nitrogen and oxygen atoms in total. The van der Waals surface area contributed by atoms with E-state index in [1.807, 2.05) is 29.2 Å². The van der Waals surface area contributed by atoms with Gasteiger partial charge in [0, 0.05) is 25.4 Å². The van der Waals surface area contributed by atoms with Crippen LogP contribution >= 0.6 is 23.1 Å². The second kappa shape index (κ2) is 12.9. The van der Waals surface area contributed by atoms with E-state index >= 15 is 0 Å². The summed E-state index contributed by atoms with van der Waals surface area (Å²) in [4.78, 5) is 46.9. The first kappa shape index (κ1) is 28.2. The van der Waals surface area contributed by atoms with Crippen LogP contribution < -0.4 is 10.2 Å². The zero-order valence-corrected chi connectivity index (χ0v) is 23.6. The van der Waals surface area contributed by atoms with Gasteiger partial charge >= 0.3 is 5.97 Å². The van der Waals surface area contributed by atoms with Gasteiger partial charge in [-0.15, -0.1) is 11.3 Å². The van der Waals surface area contributed by atoms with Gasteiger partial charge in [-0.05, 0) is 42.0 Å². The number of nitrogens with zero attached hydrogens (tertiary/aromatic N) is 4. The zero-order chi connectivity index (χ0) is 28.8. The third-order valence-corrected chi connectivity index (χ3v) is 8.36. The first-order chi connectivity index (χ1) is 19.9. The van der Waals surface area contributed by atoms with E-state index in [9.17, 15) is 19.7 Å². The van der Waals surface area contributed by atoms with E-state index in [4.69, 9.17) is 9.47 Å². The van der Waals surface area contributed by atoms with Gasteiger partial charge in [0.05, 0.1) is 58.2 Å². The van der Waals surface area contributed by atoms with E-state index in [1.54, 1.807) is 36.5 Å². The number of carbonyl (C=O) groups is 2. The molecule has 5 rings (SSSR count). The molecule has 13 heteroatoms. The Labute approximate surface area is 243 Å². The van der Waals surface area contributed by atoms with Crippen molar-refractivity contribution < 1.29 is 24.0 Å². The SMILES string of the molecule is COC(=O)c1ccccc1NC(=O)CSc1nc2ccc(N=Cc3ccc(N4CCOCC4)c([N+](=O)[O-])c3)cc2s1. The summed E-state index contributed by atoms with van der Waals surface area (Å²) in [7, 11) is 1.29. The van der Waals surface area contributed by atoms with E-state index < -0.39 is 5.97 Å². The fourth-order valence-electron chi connectivity index (χ4n) is 4.22. The minimum Gasteiger partial charge on any atom is -0.465 e. The van der Waals surface area contributed by atoms with Crippen LogP contribution in [0, 0.1) is 10.1 Å². The van der Waals surface area contributed by atoms with E-state index in [0.29, 0.717) is 53.3 Å². The van der Waals surface area contributed by atoms with Crippen LogP contribution in [-0.2, 0) is 14.3 Å². The number of anilines is 2. The normalized spacial score (nSPS) is 13.4. The number of ether oxygens (including phenoxy) is 2. The number of aromatic nitrogens is 1. The Kier molecular flexibility index (Phi) is 8.87. The van der Waals surface area contributed by atoms with Crippen molar-refractivity contribution in [3.63, 3.8) is 0 Å². The molecule has 1 aromatic heterocycles. The summed E-state index contributed by atoms with van der Waals surface area (Å²) in [6, 6.07) is 17.3. The molecule has 1 fully saturated rings. The molecule has 210 valence electrons. The summed E-state index contributed by atoms with van der Waals surface area (Å²) < 4.78 is 11.7. The zero-order valence-electron chi connectivity index (χ0n) is 21.9. The number of rotatable bonds is 9. The quantitative estimate of drug-likeness (QED) is 0.0903. The number of benzene rings is 3. The minimum absolute atomic E-state index is 0.0354. The number of thiazole rings is 1. The molecule has 1 N–H and O–H groups in total. The van der Waals surface area contributed by atoms with Crippen LogP contribution in [0.4, 0.5) is 22.7 Å². The Morgan fingerprint density at radius 3 is 2.78 bits per heavy atom. The largest absolute Gasteiger partial charge is 0.465 e. The lowest BCUT2D eigenvalue weighted by Gasteiger charge is -2.28. The van der Waals surface area contributed by atoms with Crippen LogP contribution in [0.1, 0.15) is 15.9 Å². The van der Waals surface area contributed by atoms with Crippen molar-refractivity contribution in [3.8, 4) is 0 Å². The number of fused-ring (bicyclic) bond motifs is 1. The van der Waals surface area contributed by atoms with Gasteiger partial charge in [0.15, 0.2) is 4.34 Å². The number of para-hydroxylation sites is 1. The summed E-state index contributed by atoms with van der Waals surface area (Å²) in [6.07, 6.45) is 1.60. The number of methoxy groups -OCH3 is 1. The number of aliphatic imine (C=N–C) groups is 1. The number of morpholine rings is 1. The Morgan fingerprint density at radius 2 is 2.00 bits per heavy atom. The molecule has 1 aliphatic heterocycles. The highest BCUT2D eigenvalue weighted by Gasteiger charge is 2.21. The van der Waals surface area contributed by atoms with Crippen molar-refractivity contribution in [1.29, 1.82) is 0 Å². The number of nitro groups is 1. The van der Waals surface area contributed by atoms with Gasteiger partial charge in [-0.1, -0.05) is 30.0 Å². The van der Waals surface area contributed by atoms with Crippen molar-refractivity contribution in [3.05, 3.63) is 81.9 Å². The Bertz CT molecular complexity index is 1630. The highest BCUT2D eigenvalue weighted by atomic mass is 32.2. The van der Waals surface area contributed by atoms with Crippen molar-refractivity contribution in [2.75, 3.05) is 49.4 Å². The summed E-state index contributed by atoms with van der Waals surface area (Å²) in [5.74, 6) is -0.689. The van der Waals surface area contributed by atoms with Gasteiger partial charge in [-0.25, -0.2) is 9.78 Å². The highest BCUT2D eigenvalue weighted by Crippen LogP contribution is 2.33. The number of esters is 1. The van der Waals surface area contributed by atoms with Crippen LogP contribution in [-0.4, -0.2) is 67.2 Å². The maximum Gasteiger partial charge on any atom is 0.339 e. The second-order valence-electron chi connectivity index (χ2n) is 8.87. The third kappa shape index (κ3) is 6.88. The summed E-state index contributed by atoms with van der Waals surface area (Å²) in [5.41, 5.74) is 3.35. The maximum atomic E-state index is 12.5. The molecule has 0 spiro atoms. The molecule has 0 unspecified atom stereocenters. The highest BCUT2D eigenvalue weighted by molar-refractivity contribution is 8.01. The van der Waals surface area contributed by atoms with Gasteiger partial charge < -0.3 is 19.7 Å². The molecule has 2 heterocycles. The molecule has 0 aliphatic carbocycles. The molecule has 3 aromatic carbocycles. The van der Waals surface area contributed by atoms with E-state index in [-0.39, 0.29) is 27.8 Å². The molecule has 41 heavy (non-hydrogen) atoms. The number of hydrogen-bond acceptors (Lipinski definition) is 11. The molecule has 0 bridgehead atoms. The maximum absolute atomic E-state index is 12.5. The van der Waals surface area contributed by atoms with E-state index in [1.165, 1.54) is 36.3 Å². The van der Waals surface area contributed by atoms with Gasteiger partial charge in [0.1, 0.15) is 5.69 Å². The Balaban J connectivity index is 1.24. The van der Waals surface area contributed by atoms with Crippen molar-refractivity contribution in [2.24, 2.45) is 4.99 Å². The standard InChI is InChI=1S/C28H25N5O6S2/c1-38-27(35)20-4-2-3-5-21(20)30-26(34)17-40-28-31-22-8-7-19(15-25(22)41-28)29-16-18-6-9-23(24(14-18)33(36)37)32-10-12-39-13-11-32/h2-9,14-16H,10-13,17H2,1H3,(H,30,34). The third-order valence-electron chi connectivity index (χ3n) is 6.20. The Hall–Kier alpha value is -4.33. The van der Waals surface area contributed by atoms with Crippen LogP contribution in [0.15, 0.2) is 70.0 Å². The number of thioether (sulfide) groups is 1. The molecule has 0 saturated carbocycles. The summed E-state index contributed by atoms with van der Waals surface area (Å²) in [6.45, 7) is 2.30. The van der Waals surface area contributed by atoms with E-state index in [2.05, 4.69) is 15.3 Å². The lowest BCUT2D eigenvalue weighted by atomic mass is 10.1. The molecular formula is C28H25N5O6S2. The monoisotopic (exact) mass is 591 g/mol. The molecule has 0 radical (unpaired) electrons. The van der Waals surface area contributed by atoms with Crippen LogP contribution in [0.5, 0.6) is 0 Å².